The molecule has 0 saturated carbocycles. The molecule has 2 unspecified atom stereocenters. The minimum Gasteiger partial charge on any atom is -0.454 e. The summed E-state index contributed by atoms with van der Waals surface area (Å²) < 4.78 is 25.1. The molecule has 0 aromatic heterocycles. The molecule has 2 aromatic carbocycles. The number of hydrogen-bond donors (Lipinski definition) is 0. The molecule has 0 amide bonds. The molecule has 0 aliphatic heterocycles. The van der Waals surface area contributed by atoms with E-state index in [-0.39, 0.29) is 24.3 Å². The molecule has 43 heavy (non-hydrogen) atoms. The van der Waals surface area contributed by atoms with E-state index in [0.29, 0.717) is 0 Å². The number of ether oxygens (including phenoxy) is 5. The molecule has 0 heterocycles. The van der Waals surface area contributed by atoms with Gasteiger partial charge in [-0.15, -0.1) is 0 Å². The Bertz CT molecular complexity index is 1290. The molecule has 0 saturated heterocycles. The maximum Gasteiger partial charge on any atom is 0.449 e. The van der Waals surface area contributed by atoms with Gasteiger partial charge in [0.15, 0.2) is 0 Å². The Morgan fingerprint density at radius 1 is 0.558 bits per heavy atom. The van der Waals surface area contributed by atoms with E-state index in [4.69, 9.17) is 28.6 Å². The summed E-state index contributed by atoms with van der Waals surface area (Å²) in [6, 6.07) is 15.9. The third kappa shape index (κ3) is 12.7. The van der Waals surface area contributed by atoms with Gasteiger partial charge in [0, 0.05) is 12.8 Å². The Morgan fingerprint density at radius 2 is 0.953 bits per heavy atom. The number of esters is 5. The monoisotopic (exact) mass is 602 g/mol. The predicted molar refractivity (Wildman–Crippen MR) is 146 cm³/mol. The quantitative estimate of drug-likeness (QED) is 0.0917. The van der Waals surface area contributed by atoms with Gasteiger partial charge in [-0.05, 0) is 65.8 Å². The van der Waals surface area contributed by atoms with E-state index in [9.17, 15) is 28.8 Å². The van der Waals surface area contributed by atoms with Crippen LogP contribution < -0.4 is 9.47 Å². The van der Waals surface area contributed by atoms with Crippen LogP contribution in [-0.4, -0.2) is 59.2 Å². The first-order chi connectivity index (χ1) is 20.1. The Balaban J connectivity index is 1.76. The normalized spacial score (nSPS) is 12.6. The Labute approximate surface area is 248 Å². The summed E-state index contributed by atoms with van der Waals surface area (Å²) in [5, 5.41) is 0. The van der Waals surface area contributed by atoms with Crippen LogP contribution in [0.2, 0.25) is 0 Å². The van der Waals surface area contributed by atoms with Crippen molar-refractivity contribution in [1.82, 2.24) is 0 Å². The third-order valence-corrected chi connectivity index (χ3v) is 5.29. The van der Waals surface area contributed by atoms with Gasteiger partial charge in [0.2, 0.25) is 0 Å². The highest BCUT2D eigenvalue weighted by molar-refractivity contribution is 6.31. The van der Waals surface area contributed by atoms with Crippen LogP contribution in [0.5, 0.6) is 11.5 Å². The smallest absolute Gasteiger partial charge is 0.449 e. The summed E-state index contributed by atoms with van der Waals surface area (Å²) >= 11 is 0. The largest absolute Gasteiger partial charge is 0.454 e. The van der Waals surface area contributed by atoms with Crippen LogP contribution in [0.15, 0.2) is 60.7 Å². The lowest BCUT2D eigenvalue weighted by Gasteiger charge is -2.28. The summed E-state index contributed by atoms with van der Waals surface area (Å²) in [5.41, 5.74) is -2.59. The second kappa shape index (κ2) is 15.4. The van der Waals surface area contributed by atoms with Crippen molar-refractivity contribution < 1.29 is 62.2 Å². The Kier molecular flexibility index (Phi) is 12.4. The van der Waals surface area contributed by atoms with Crippen LogP contribution in [0.3, 0.4) is 0 Å². The van der Waals surface area contributed by atoms with Crippen molar-refractivity contribution in [3.05, 3.63) is 60.7 Å². The highest BCUT2D eigenvalue weighted by atomic mass is 17.2. The number of carbonyl (C=O) groups is 6. The number of rotatable bonds is 11. The zero-order valence-electron chi connectivity index (χ0n) is 24.6. The fraction of sp³-hybridized carbons (Fsp3) is 0.400. The molecular weight excluding hydrogens is 568 g/mol. The van der Waals surface area contributed by atoms with E-state index in [1.165, 1.54) is 65.8 Å². The first-order valence-electron chi connectivity index (χ1n) is 13.2. The predicted octanol–water partition coefficient (Wildman–Crippen LogP) is 3.42. The van der Waals surface area contributed by atoms with Gasteiger partial charge in [0.25, 0.3) is 0 Å². The number of para-hydroxylation sites is 2. The first kappa shape index (κ1) is 34.4. The molecule has 13 heteroatoms. The highest BCUT2D eigenvalue weighted by Crippen LogP contribution is 2.22. The molecule has 0 bridgehead atoms. The lowest BCUT2D eigenvalue weighted by molar-refractivity contribution is -0.328. The average molecular weight is 603 g/mol. The van der Waals surface area contributed by atoms with Crippen molar-refractivity contribution in [1.29, 1.82) is 0 Å². The van der Waals surface area contributed by atoms with Crippen LogP contribution in [0.1, 0.15) is 54.4 Å². The van der Waals surface area contributed by atoms with Gasteiger partial charge in [0.05, 0.1) is 0 Å². The lowest BCUT2D eigenvalue weighted by Crippen LogP contribution is -2.38. The standard InChI is InChI=1S/C30H34O13/c1-19(37-23(31)25(33)39-21-13-9-7-10-14-21)17-29(3,4)41-27(35)28(36)42-43-30(5,6)18-20(2)38-24(32)26(34)40-22-15-11-8-12-16-22/h7-16,19-20H,17-18H2,1-6H3. The Hall–Kier alpha value is -4.78. The molecule has 0 N–H and O–H groups in total. The fourth-order valence-corrected chi connectivity index (χ4v) is 3.76. The highest BCUT2D eigenvalue weighted by Gasteiger charge is 2.35. The minimum atomic E-state index is -1.48. The summed E-state index contributed by atoms with van der Waals surface area (Å²) in [6.07, 6.45) is -1.90. The van der Waals surface area contributed by atoms with Crippen molar-refractivity contribution in [2.45, 2.75) is 77.8 Å². The number of carbonyl (C=O) groups excluding carboxylic acids is 6. The molecule has 0 spiro atoms. The topological polar surface area (TPSA) is 167 Å². The fourth-order valence-electron chi connectivity index (χ4n) is 3.76. The zero-order chi connectivity index (χ0) is 32.2. The second-order valence-corrected chi connectivity index (χ2v) is 10.6. The molecule has 0 fully saturated rings. The minimum absolute atomic E-state index is 0.0409. The lowest BCUT2D eigenvalue weighted by atomic mass is 10.0. The summed E-state index contributed by atoms with van der Waals surface area (Å²) in [6.45, 7) is 8.82. The van der Waals surface area contributed by atoms with Crippen molar-refractivity contribution in [2.75, 3.05) is 0 Å². The summed E-state index contributed by atoms with van der Waals surface area (Å²) in [5.74, 6) is -7.48. The van der Waals surface area contributed by atoms with E-state index in [2.05, 4.69) is 4.89 Å². The van der Waals surface area contributed by atoms with E-state index in [0.717, 1.165) is 0 Å². The maximum absolute atomic E-state index is 12.3. The van der Waals surface area contributed by atoms with Crippen molar-refractivity contribution >= 4 is 35.8 Å². The van der Waals surface area contributed by atoms with Gasteiger partial charge in [-0.2, -0.15) is 4.89 Å². The van der Waals surface area contributed by atoms with Gasteiger partial charge in [-0.1, -0.05) is 36.4 Å². The molecule has 0 aliphatic carbocycles. The molecule has 0 aliphatic rings. The van der Waals surface area contributed by atoms with Gasteiger partial charge in [0.1, 0.15) is 34.9 Å². The van der Waals surface area contributed by atoms with Crippen LogP contribution in [0, 0.1) is 0 Å². The molecule has 2 aromatic rings. The average Bonchev–Trinajstić information content (AvgIpc) is 2.91. The summed E-state index contributed by atoms with van der Waals surface area (Å²) in [7, 11) is 0. The molecule has 0 radical (unpaired) electrons. The molecule has 232 valence electrons. The van der Waals surface area contributed by atoms with Crippen LogP contribution in [-0.2, 0) is 52.8 Å². The maximum atomic E-state index is 12.3. The van der Waals surface area contributed by atoms with Crippen LogP contribution >= 0.6 is 0 Å². The van der Waals surface area contributed by atoms with Gasteiger partial charge in [-0.25, -0.2) is 28.8 Å². The molecular formula is C30H34O13. The second-order valence-electron chi connectivity index (χ2n) is 10.6. The van der Waals surface area contributed by atoms with Crippen molar-refractivity contribution in [3.8, 4) is 11.5 Å². The van der Waals surface area contributed by atoms with Gasteiger partial charge in [-0.3, -0.25) is 4.89 Å². The number of hydrogen-bond acceptors (Lipinski definition) is 13. The van der Waals surface area contributed by atoms with E-state index >= 15 is 0 Å². The SMILES string of the molecule is CC(CC(C)(C)OOC(=O)C(=O)OC(C)(C)CC(C)OC(=O)C(=O)Oc1ccccc1)OC(=O)C(=O)Oc1ccccc1. The zero-order valence-corrected chi connectivity index (χ0v) is 24.6. The van der Waals surface area contributed by atoms with Crippen molar-refractivity contribution in [2.24, 2.45) is 0 Å². The van der Waals surface area contributed by atoms with Gasteiger partial charge >= 0.3 is 35.8 Å². The van der Waals surface area contributed by atoms with Gasteiger partial charge < -0.3 is 23.7 Å². The molecule has 2 rings (SSSR count). The molecule has 2 atom stereocenters. The van der Waals surface area contributed by atoms with Crippen molar-refractivity contribution in [3.63, 3.8) is 0 Å². The van der Waals surface area contributed by atoms with E-state index in [1.54, 1.807) is 36.4 Å². The van der Waals surface area contributed by atoms with Crippen LogP contribution in [0.25, 0.3) is 0 Å². The molecule has 13 nitrogen and oxygen atoms in total. The third-order valence-electron chi connectivity index (χ3n) is 5.29. The van der Waals surface area contributed by atoms with E-state index in [1.807, 2.05) is 0 Å². The van der Waals surface area contributed by atoms with E-state index < -0.39 is 59.2 Å². The Morgan fingerprint density at radius 3 is 1.37 bits per heavy atom. The first-order valence-corrected chi connectivity index (χ1v) is 13.2. The van der Waals surface area contributed by atoms with Crippen LogP contribution in [0.4, 0.5) is 0 Å². The summed E-state index contributed by atoms with van der Waals surface area (Å²) in [4.78, 5) is 82.2. The number of benzene rings is 2.